The van der Waals surface area contributed by atoms with Gasteiger partial charge in [-0.1, -0.05) is 19.9 Å². The summed E-state index contributed by atoms with van der Waals surface area (Å²) in [6, 6.07) is 5.56. The average Bonchev–Trinajstić information content (AvgIpc) is 3.08. The van der Waals surface area contributed by atoms with E-state index < -0.39 is 5.91 Å². The van der Waals surface area contributed by atoms with Crippen LogP contribution in [0.25, 0.3) is 6.08 Å². The minimum absolute atomic E-state index is 0.0317. The molecule has 1 fully saturated rings. The molecular weight excluding hydrogens is 320 g/mol. The summed E-state index contributed by atoms with van der Waals surface area (Å²) in [5.74, 6) is 0.856. The van der Waals surface area contributed by atoms with Crippen molar-refractivity contribution in [2.45, 2.75) is 32.7 Å². The minimum atomic E-state index is -0.554. The maximum Gasteiger partial charge on any atom is 0.255 e. The molecule has 2 rings (SSSR count). The van der Waals surface area contributed by atoms with Crippen LogP contribution in [0.15, 0.2) is 24.3 Å². The van der Waals surface area contributed by atoms with Gasteiger partial charge in [-0.25, -0.2) is 0 Å². The molecule has 136 valence electrons. The van der Waals surface area contributed by atoms with Gasteiger partial charge in [0.2, 0.25) is 5.91 Å². The molecule has 1 aromatic rings. The van der Waals surface area contributed by atoms with Crippen molar-refractivity contribution in [3.63, 3.8) is 0 Å². The van der Waals surface area contributed by atoms with Crippen molar-refractivity contribution < 1.29 is 19.1 Å². The van der Waals surface area contributed by atoms with Crippen LogP contribution in [0.1, 0.15) is 32.3 Å². The Labute approximate surface area is 148 Å². The van der Waals surface area contributed by atoms with Crippen LogP contribution < -0.4 is 15.2 Å². The van der Waals surface area contributed by atoms with Gasteiger partial charge in [0.05, 0.1) is 7.11 Å². The predicted molar refractivity (Wildman–Crippen MR) is 96.3 cm³/mol. The number of benzene rings is 1. The van der Waals surface area contributed by atoms with Crippen LogP contribution in [-0.4, -0.2) is 43.0 Å². The molecule has 0 bridgehead atoms. The van der Waals surface area contributed by atoms with Gasteiger partial charge in [0.1, 0.15) is 0 Å². The highest BCUT2D eigenvalue weighted by atomic mass is 16.5. The summed E-state index contributed by atoms with van der Waals surface area (Å²) in [4.78, 5) is 25.2. The van der Waals surface area contributed by atoms with E-state index in [4.69, 9.17) is 15.2 Å². The molecule has 0 radical (unpaired) electrons. The first kappa shape index (κ1) is 18.8. The molecule has 1 aliphatic heterocycles. The summed E-state index contributed by atoms with van der Waals surface area (Å²) in [6.07, 6.45) is 5.48. The van der Waals surface area contributed by atoms with E-state index in [1.54, 1.807) is 30.4 Å². The Morgan fingerprint density at radius 3 is 2.76 bits per heavy atom. The smallest absolute Gasteiger partial charge is 0.255 e. The van der Waals surface area contributed by atoms with Crippen LogP contribution in [-0.2, 0) is 9.59 Å². The Kier molecular flexibility index (Phi) is 6.44. The number of amides is 2. The minimum Gasteiger partial charge on any atom is -0.493 e. The first-order valence-corrected chi connectivity index (χ1v) is 8.50. The molecule has 0 aromatic heterocycles. The first-order valence-electron chi connectivity index (χ1n) is 8.50. The topological polar surface area (TPSA) is 81.9 Å². The molecule has 0 spiro atoms. The standard InChI is InChI=1S/C19H26N2O4/c1-13(2)15-5-4-10-21(15)19(23)9-7-14-6-8-16(17(11-14)24-3)25-12-18(20)22/h6-9,11,13,15H,4-5,10,12H2,1-3H3,(H2,20,22)/b9-7-/t15-/m0/s1. The van der Waals surface area contributed by atoms with E-state index in [1.807, 2.05) is 4.90 Å². The number of rotatable bonds is 7. The van der Waals surface area contributed by atoms with Gasteiger partial charge in [0.25, 0.3) is 5.91 Å². The lowest BCUT2D eigenvalue weighted by atomic mass is 10.0. The maximum atomic E-state index is 12.5. The predicted octanol–water partition coefficient (Wildman–Crippen LogP) is 2.22. The number of hydrogen-bond donors (Lipinski definition) is 1. The third-order valence-corrected chi connectivity index (χ3v) is 4.33. The second-order valence-corrected chi connectivity index (χ2v) is 6.48. The average molecular weight is 346 g/mol. The van der Waals surface area contributed by atoms with E-state index in [1.165, 1.54) is 7.11 Å². The van der Waals surface area contributed by atoms with Crippen LogP contribution in [0, 0.1) is 5.92 Å². The van der Waals surface area contributed by atoms with Crippen molar-refractivity contribution in [2.75, 3.05) is 20.3 Å². The highest BCUT2D eigenvalue weighted by molar-refractivity contribution is 5.92. The number of nitrogens with two attached hydrogens (primary N) is 1. The molecule has 6 nitrogen and oxygen atoms in total. The van der Waals surface area contributed by atoms with E-state index in [9.17, 15) is 9.59 Å². The number of carbonyl (C=O) groups is 2. The summed E-state index contributed by atoms with van der Waals surface area (Å²) in [7, 11) is 1.52. The molecule has 0 aliphatic carbocycles. The second kappa shape index (κ2) is 8.55. The van der Waals surface area contributed by atoms with E-state index in [2.05, 4.69) is 13.8 Å². The van der Waals surface area contributed by atoms with Crippen LogP contribution in [0.2, 0.25) is 0 Å². The molecule has 1 aliphatic rings. The van der Waals surface area contributed by atoms with Gasteiger partial charge < -0.3 is 20.1 Å². The van der Waals surface area contributed by atoms with Gasteiger partial charge in [-0.05, 0) is 42.5 Å². The van der Waals surface area contributed by atoms with E-state index >= 15 is 0 Å². The van der Waals surface area contributed by atoms with E-state index in [0.717, 1.165) is 24.9 Å². The summed E-state index contributed by atoms with van der Waals surface area (Å²) in [5.41, 5.74) is 5.89. The molecular formula is C19H26N2O4. The lowest BCUT2D eigenvalue weighted by Gasteiger charge is -2.26. The molecule has 2 N–H and O–H groups in total. The lowest BCUT2D eigenvalue weighted by molar-refractivity contribution is -0.127. The van der Waals surface area contributed by atoms with Crippen molar-refractivity contribution in [3.8, 4) is 11.5 Å². The van der Waals surface area contributed by atoms with Crippen LogP contribution in [0.4, 0.5) is 0 Å². The molecule has 1 saturated heterocycles. The molecule has 1 aromatic carbocycles. The normalized spacial score (nSPS) is 17.3. The van der Waals surface area contributed by atoms with Crippen molar-refractivity contribution in [1.29, 1.82) is 0 Å². The Bertz CT molecular complexity index is 655. The van der Waals surface area contributed by atoms with E-state index in [0.29, 0.717) is 23.5 Å². The Morgan fingerprint density at radius 1 is 1.36 bits per heavy atom. The summed E-state index contributed by atoms with van der Waals surface area (Å²) in [5, 5.41) is 0. The van der Waals surface area contributed by atoms with Gasteiger partial charge in [-0.15, -0.1) is 0 Å². The third-order valence-electron chi connectivity index (χ3n) is 4.33. The van der Waals surface area contributed by atoms with Gasteiger partial charge in [-0.3, -0.25) is 9.59 Å². The largest absolute Gasteiger partial charge is 0.493 e. The SMILES string of the molecule is COc1cc(/C=C\C(=O)N2CCC[C@H]2C(C)C)ccc1OCC(N)=O. The number of methoxy groups -OCH3 is 1. The van der Waals surface area contributed by atoms with Crippen LogP contribution >= 0.6 is 0 Å². The van der Waals surface area contributed by atoms with Gasteiger partial charge in [-0.2, -0.15) is 0 Å². The van der Waals surface area contributed by atoms with Crippen molar-refractivity contribution in [2.24, 2.45) is 11.7 Å². The highest BCUT2D eigenvalue weighted by Crippen LogP contribution is 2.29. The number of hydrogen-bond acceptors (Lipinski definition) is 4. The van der Waals surface area contributed by atoms with E-state index in [-0.39, 0.29) is 12.5 Å². The monoisotopic (exact) mass is 346 g/mol. The fourth-order valence-electron chi connectivity index (χ4n) is 3.08. The van der Waals surface area contributed by atoms with Crippen LogP contribution in [0.3, 0.4) is 0 Å². The maximum absolute atomic E-state index is 12.5. The number of nitrogens with zero attached hydrogens (tertiary/aromatic N) is 1. The molecule has 1 heterocycles. The number of ether oxygens (including phenoxy) is 2. The zero-order valence-electron chi connectivity index (χ0n) is 15.0. The zero-order chi connectivity index (χ0) is 18.4. The van der Waals surface area contributed by atoms with Crippen molar-refractivity contribution in [1.82, 2.24) is 4.90 Å². The molecule has 2 amide bonds. The summed E-state index contributed by atoms with van der Waals surface area (Å²) >= 11 is 0. The molecule has 25 heavy (non-hydrogen) atoms. The fourth-order valence-corrected chi connectivity index (χ4v) is 3.08. The Morgan fingerprint density at radius 2 is 2.12 bits per heavy atom. The molecule has 6 heteroatoms. The Balaban J connectivity index is 2.07. The van der Waals surface area contributed by atoms with Gasteiger partial charge in [0.15, 0.2) is 18.1 Å². The highest BCUT2D eigenvalue weighted by Gasteiger charge is 2.29. The number of likely N-dealkylation sites (tertiary alicyclic amines) is 1. The first-order chi connectivity index (χ1) is 11.9. The zero-order valence-corrected chi connectivity index (χ0v) is 15.0. The third kappa shape index (κ3) is 4.98. The fraction of sp³-hybridized carbons (Fsp3) is 0.474. The molecule has 0 unspecified atom stereocenters. The summed E-state index contributed by atoms with van der Waals surface area (Å²) < 4.78 is 10.6. The lowest BCUT2D eigenvalue weighted by Crippen LogP contribution is -2.37. The van der Waals surface area contributed by atoms with Gasteiger partial charge in [0, 0.05) is 18.7 Å². The number of primary amides is 1. The van der Waals surface area contributed by atoms with Crippen molar-refractivity contribution in [3.05, 3.63) is 29.8 Å². The van der Waals surface area contributed by atoms with Gasteiger partial charge >= 0.3 is 0 Å². The Hall–Kier alpha value is -2.50. The molecule has 0 saturated carbocycles. The van der Waals surface area contributed by atoms with Crippen molar-refractivity contribution >= 4 is 17.9 Å². The molecule has 1 atom stereocenters. The number of carbonyl (C=O) groups excluding carboxylic acids is 2. The van der Waals surface area contributed by atoms with Crippen LogP contribution in [0.5, 0.6) is 11.5 Å². The second-order valence-electron chi connectivity index (χ2n) is 6.48. The summed E-state index contributed by atoms with van der Waals surface area (Å²) in [6.45, 7) is 4.90. The quantitative estimate of drug-likeness (QED) is 0.768.